The molecule has 0 aliphatic carbocycles. The van der Waals surface area contributed by atoms with E-state index < -0.39 is 0 Å². The lowest BCUT2D eigenvalue weighted by Gasteiger charge is -2.19. The van der Waals surface area contributed by atoms with Crippen LogP contribution in [0.1, 0.15) is 30.7 Å². The predicted molar refractivity (Wildman–Crippen MR) is 131 cm³/mol. The molecule has 0 unspecified atom stereocenters. The molecule has 1 amide bonds. The molecule has 10 heteroatoms. The fourth-order valence-electron chi connectivity index (χ4n) is 3.72. The number of aromatic nitrogens is 3. The number of thioether (sulfide) groups is 1. The number of nitrogens with zero attached hydrogens (tertiary/aromatic N) is 5. The zero-order chi connectivity index (χ0) is 22.8. The normalized spacial score (nSPS) is 15.8. The summed E-state index contributed by atoms with van der Waals surface area (Å²) in [5.74, 6) is 1.60. The van der Waals surface area contributed by atoms with Gasteiger partial charge in [0.05, 0.1) is 22.6 Å². The molecule has 0 fully saturated rings. The van der Waals surface area contributed by atoms with E-state index >= 15 is 0 Å². The van der Waals surface area contributed by atoms with E-state index in [9.17, 15) is 4.79 Å². The van der Waals surface area contributed by atoms with Crippen molar-refractivity contribution >= 4 is 46.3 Å². The summed E-state index contributed by atoms with van der Waals surface area (Å²) in [6, 6.07) is 14.9. The van der Waals surface area contributed by atoms with E-state index in [4.69, 9.17) is 16.0 Å². The molecule has 0 radical (unpaired) electrons. The molecule has 1 aliphatic rings. The van der Waals surface area contributed by atoms with Crippen molar-refractivity contribution in [1.82, 2.24) is 19.8 Å². The molecular weight excluding hydrogens is 478 g/mol. The molecular formula is C23H20ClN5O2S2. The largest absolute Gasteiger partial charge is 0.467 e. The Balaban J connectivity index is 1.36. The van der Waals surface area contributed by atoms with Crippen LogP contribution in [0.4, 0.5) is 0 Å². The molecule has 4 heterocycles. The van der Waals surface area contributed by atoms with Crippen LogP contribution < -0.4 is 0 Å². The standard InChI is InChI=1S/C23H20ClN5O2S2/c1-2-28-22(20-6-4-12-32-20)25-26-23(28)33-14-21(30)29-18(19-5-3-11-31-19)13-17(27-29)15-7-9-16(24)10-8-15/h3-12,18H,2,13-14H2,1H3/t18-/m1/s1. The third-order valence-corrected chi connectivity index (χ3v) is 7.38. The molecule has 5 rings (SSSR count). The van der Waals surface area contributed by atoms with E-state index in [0.29, 0.717) is 28.9 Å². The highest BCUT2D eigenvalue weighted by Crippen LogP contribution is 2.34. The fraction of sp³-hybridized carbons (Fsp3) is 0.217. The smallest absolute Gasteiger partial charge is 0.253 e. The van der Waals surface area contributed by atoms with Crippen molar-refractivity contribution in [3.63, 3.8) is 0 Å². The number of rotatable bonds is 7. The number of carbonyl (C=O) groups excluding carboxylic acids is 1. The second kappa shape index (κ2) is 9.54. The van der Waals surface area contributed by atoms with Crippen LogP contribution in [0.5, 0.6) is 0 Å². The van der Waals surface area contributed by atoms with Gasteiger partial charge in [-0.2, -0.15) is 5.10 Å². The molecule has 7 nitrogen and oxygen atoms in total. The van der Waals surface area contributed by atoms with Gasteiger partial charge < -0.3 is 8.98 Å². The molecule has 33 heavy (non-hydrogen) atoms. The molecule has 4 aromatic rings. The number of thiophene rings is 1. The van der Waals surface area contributed by atoms with E-state index in [1.807, 2.05) is 65.4 Å². The van der Waals surface area contributed by atoms with Gasteiger partial charge in [0, 0.05) is 18.0 Å². The number of amides is 1. The first-order valence-corrected chi connectivity index (χ1v) is 12.7. The molecule has 168 valence electrons. The van der Waals surface area contributed by atoms with Gasteiger partial charge in [-0.15, -0.1) is 21.5 Å². The highest BCUT2D eigenvalue weighted by molar-refractivity contribution is 7.99. The Kier molecular flexibility index (Phi) is 6.34. The van der Waals surface area contributed by atoms with Crippen LogP contribution in [0.25, 0.3) is 10.7 Å². The van der Waals surface area contributed by atoms with Crippen LogP contribution in [0.2, 0.25) is 5.02 Å². The Hall–Kier alpha value is -2.88. The highest BCUT2D eigenvalue weighted by atomic mass is 35.5. The summed E-state index contributed by atoms with van der Waals surface area (Å²) in [5.41, 5.74) is 1.76. The summed E-state index contributed by atoms with van der Waals surface area (Å²) >= 11 is 9.02. The minimum Gasteiger partial charge on any atom is -0.467 e. The number of hydrogen-bond acceptors (Lipinski definition) is 7. The number of hydrazone groups is 1. The Bertz CT molecular complexity index is 1270. The zero-order valence-corrected chi connectivity index (χ0v) is 20.1. The topological polar surface area (TPSA) is 76.5 Å². The molecule has 1 aliphatic heterocycles. The molecule has 0 bridgehead atoms. The van der Waals surface area contributed by atoms with Gasteiger partial charge in [0.1, 0.15) is 11.8 Å². The predicted octanol–water partition coefficient (Wildman–Crippen LogP) is 5.74. The lowest BCUT2D eigenvalue weighted by molar-refractivity contribution is -0.130. The summed E-state index contributed by atoms with van der Waals surface area (Å²) in [6.45, 7) is 2.76. The number of halogens is 1. The minimum absolute atomic E-state index is 0.117. The van der Waals surface area contributed by atoms with Crippen molar-refractivity contribution in [3.05, 3.63) is 76.5 Å². The lowest BCUT2D eigenvalue weighted by Crippen LogP contribution is -2.28. The van der Waals surface area contributed by atoms with Gasteiger partial charge in [-0.05, 0) is 48.2 Å². The maximum absolute atomic E-state index is 13.3. The van der Waals surface area contributed by atoms with Gasteiger partial charge in [0.25, 0.3) is 5.91 Å². The van der Waals surface area contributed by atoms with Crippen LogP contribution in [-0.4, -0.2) is 37.1 Å². The highest BCUT2D eigenvalue weighted by Gasteiger charge is 2.35. The van der Waals surface area contributed by atoms with Crippen LogP contribution in [0.15, 0.2) is 74.8 Å². The first-order chi connectivity index (χ1) is 16.1. The number of hydrogen-bond donors (Lipinski definition) is 0. The fourth-order valence-corrected chi connectivity index (χ4v) is 5.42. The number of carbonyl (C=O) groups is 1. The van der Waals surface area contributed by atoms with Crippen LogP contribution in [0, 0.1) is 0 Å². The lowest BCUT2D eigenvalue weighted by atomic mass is 10.0. The summed E-state index contributed by atoms with van der Waals surface area (Å²) in [5, 5.41) is 18.3. The maximum atomic E-state index is 13.3. The van der Waals surface area contributed by atoms with Gasteiger partial charge in [0.15, 0.2) is 11.0 Å². The first kappa shape index (κ1) is 21.9. The van der Waals surface area contributed by atoms with E-state index in [1.54, 1.807) is 17.6 Å². The van der Waals surface area contributed by atoms with Crippen molar-refractivity contribution in [3.8, 4) is 10.7 Å². The van der Waals surface area contributed by atoms with Crippen LogP contribution >= 0.6 is 34.7 Å². The average molecular weight is 498 g/mol. The molecule has 0 N–H and O–H groups in total. The average Bonchev–Trinajstić information content (AvgIpc) is 3.62. The minimum atomic E-state index is -0.287. The van der Waals surface area contributed by atoms with Crippen molar-refractivity contribution in [1.29, 1.82) is 0 Å². The van der Waals surface area contributed by atoms with E-state index in [2.05, 4.69) is 15.3 Å². The molecule has 3 aromatic heterocycles. The van der Waals surface area contributed by atoms with Gasteiger partial charge in [-0.25, -0.2) is 5.01 Å². The summed E-state index contributed by atoms with van der Waals surface area (Å²) in [6.07, 6.45) is 2.18. The molecule has 0 spiro atoms. The zero-order valence-electron chi connectivity index (χ0n) is 17.7. The van der Waals surface area contributed by atoms with Crippen molar-refractivity contribution in [2.75, 3.05) is 5.75 Å². The maximum Gasteiger partial charge on any atom is 0.253 e. The van der Waals surface area contributed by atoms with Crippen molar-refractivity contribution < 1.29 is 9.21 Å². The molecule has 1 atom stereocenters. The van der Waals surface area contributed by atoms with Crippen LogP contribution in [0.3, 0.4) is 0 Å². The van der Waals surface area contributed by atoms with Gasteiger partial charge in [-0.1, -0.05) is 41.6 Å². The van der Waals surface area contributed by atoms with Crippen molar-refractivity contribution in [2.24, 2.45) is 5.10 Å². The monoisotopic (exact) mass is 497 g/mol. The van der Waals surface area contributed by atoms with E-state index in [1.165, 1.54) is 16.8 Å². The quantitative estimate of drug-likeness (QED) is 0.304. The number of furan rings is 1. The number of benzene rings is 1. The second-order valence-corrected chi connectivity index (χ2v) is 9.67. The molecule has 1 aromatic carbocycles. The SMILES string of the molecule is CCn1c(SCC(=O)N2N=C(c3ccc(Cl)cc3)C[C@@H]2c2ccco2)nnc1-c1cccs1. The first-order valence-electron chi connectivity index (χ1n) is 10.4. The van der Waals surface area contributed by atoms with Crippen molar-refractivity contribution in [2.45, 2.75) is 31.1 Å². The van der Waals surface area contributed by atoms with Gasteiger partial charge >= 0.3 is 0 Å². The Labute approximate surface area is 204 Å². The summed E-state index contributed by atoms with van der Waals surface area (Å²) in [4.78, 5) is 14.3. The summed E-state index contributed by atoms with van der Waals surface area (Å²) < 4.78 is 7.65. The van der Waals surface area contributed by atoms with Gasteiger partial charge in [-0.3, -0.25) is 4.79 Å². The Morgan fingerprint density at radius 2 is 2.06 bits per heavy atom. The van der Waals surface area contributed by atoms with E-state index in [0.717, 1.165) is 22.0 Å². The van der Waals surface area contributed by atoms with Gasteiger partial charge in [0.2, 0.25) is 0 Å². The Morgan fingerprint density at radius 1 is 1.21 bits per heavy atom. The second-order valence-electron chi connectivity index (χ2n) is 7.34. The molecule has 0 saturated heterocycles. The summed E-state index contributed by atoms with van der Waals surface area (Å²) in [7, 11) is 0. The van der Waals surface area contributed by atoms with E-state index in [-0.39, 0.29) is 17.7 Å². The third-order valence-electron chi connectivity index (χ3n) is 5.31. The third kappa shape index (κ3) is 4.48. The van der Waals surface area contributed by atoms with Crippen LogP contribution in [-0.2, 0) is 11.3 Å². The molecule has 0 saturated carbocycles. The Morgan fingerprint density at radius 3 is 2.76 bits per heavy atom.